The van der Waals surface area contributed by atoms with Crippen molar-refractivity contribution in [2.75, 3.05) is 7.11 Å². The Balaban J connectivity index is 2.03. The van der Waals surface area contributed by atoms with Gasteiger partial charge in [0.2, 0.25) is 0 Å². The first-order valence-electron chi connectivity index (χ1n) is 7.27. The number of hydrogen-bond donors (Lipinski definition) is 1. The Morgan fingerprint density at radius 2 is 2.00 bits per heavy atom. The summed E-state index contributed by atoms with van der Waals surface area (Å²) in [4.78, 5) is 0. The number of benzene rings is 3. The molecule has 110 valence electrons. The Hall–Kier alpha value is -2.52. The van der Waals surface area contributed by atoms with E-state index in [2.05, 4.69) is 24.3 Å². The largest absolute Gasteiger partial charge is 0.496 e. The van der Waals surface area contributed by atoms with Gasteiger partial charge in [0.15, 0.2) is 0 Å². The second kappa shape index (κ2) is 5.04. The summed E-state index contributed by atoms with van der Waals surface area (Å²) in [5.41, 5.74) is 3.99. The maximum absolute atomic E-state index is 9.40. The van der Waals surface area contributed by atoms with Crippen molar-refractivity contribution in [2.24, 2.45) is 0 Å². The van der Waals surface area contributed by atoms with Crippen molar-refractivity contribution in [3.63, 3.8) is 0 Å². The van der Waals surface area contributed by atoms with Crippen LogP contribution in [-0.4, -0.2) is 12.2 Å². The van der Waals surface area contributed by atoms with Crippen molar-refractivity contribution in [3.05, 3.63) is 59.7 Å². The zero-order valence-corrected chi connectivity index (χ0v) is 12.3. The average Bonchev–Trinajstić information content (AvgIpc) is 2.59. The minimum atomic E-state index is -0.00574. The third-order valence-electron chi connectivity index (χ3n) is 4.17. The molecule has 0 bridgehead atoms. The molecule has 1 aliphatic heterocycles. The fourth-order valence-corrected chi connectivity index (χ4v) is 3.15. The fourth-order valence-electron chi connectivity index (χ4n) is 3.15. The maximum atomic E-state index is 9.40. The third kappa shape index (κ3) is 1.86. The molecule has 1 N–H and O–H groups in total. The summed E-state index contributed by atoms with van der Waals surface area (Å²) in [5.74, 6) is 1.68. The SMILES string of the molecule is COc1cc(CO)cc2c1-c1ccc3ccccc3c1OC2. The highest BCUT2D eigenvalue weighted by molar-refractivity contribution is 5.97. The molecule has 0 saturated heterocycles. The first-order valence-corrected chi connectivity index (χ1v) is 7.27. The number of aliphatic hydroxyl groups excluding tert-OH is 1. The van der Waals surface area contributed by atoms with Crippen LogP contribution in [0.25, 0.3) is 21.9 Å². The van der Waals surface area contributed by atoms with E-state index in [4.69, 9.17) is 9.47 Å². The van der Waals surface area contributed by atoms with Crippen LogP contribution in [-0.2, 0) is 13.2 Å². The van der Waals surface area contributed by atoms with Crippen LogP contribution in [0, 0.1) is 0 Å². The quantitative estimate of drug-likeness (QED) is 0.778. The van der Waals surface area contributed by atoms with E-state index in [0.29, 0.717) is 6.61 Å². The van der Waals surface area contributed by atoms with Crippen LogP contribution >= 0.6 is 0 Å². The molecule has 1 aliphatic rings. The van der Waals surface area contributed by atoms with Crippen LogP contribution in [0.4, 0.5) is 0 Å². The van der Waals surface area contributed by atoms with E-state index in [0.717, 1.165) is 44.5 Å². The predicted octanol–water partition coefficient (Wildman–Crippen LogP) is 3.90. The number of hydrogen-bond acceptors (Lipinski definition) is 3. The van der Waals surface area contributed by atoms with Gasteiger partial charge >= 0.3 is 0 Å². The minimum absolute atomic E-state index is 0.00574. The molecular weight excluding hydrogens is 276 g/mol. The minimum Gasteiger partial charge on any atom is -0.496 e. The summed E-state index contributed by atoms with van der Waals surface area (Å²) in [5, 5.41) is 11.7. The molecule has 0 radical (unpaired) electrons. The van der Waals surface area contributed by atoms with Crippen LogP contribution in [0.1, 0.15) is 11.1 Å². The highest BCUT2D eigenvalue weighted by Gasteiger charge is 2.23. The number of ether oxygens (including phenoxy) is 2. The summed E-state index contributed by atoms with van der Waals surface area (Å²) >= 11 is 0. The highest BCUT2D eigenvalue weighted by atomic mass is 16.5. The van der Waals surface area contributed by atoms with Crippen molar-refractivity contribution in [1.82, 2.24) is 0 Å². The van der Waals surface area contributed by atoms with Gasteiger partial charge in [-0.2, -0.15) is 0 Å². The smallest absolute Gasteiger partial charge is 0.135 e. The van der Waals surface area contributed by atoms with E-state index in [1.807, 2.05) is 24.3 Å². The molecule has 22 heavy (non-hydrogen) atoms. The van der Waals surface area contributed by atoms with Gasteiger partial charge in [-0.1, -0.05) is 30.3 Å². The molecule has 0 atom stereocenters. The predicted molar refractivity (Wildman–Crippen MR) is 86.2 cm³/mol. The molecule has 0 unspecified atom stereocenters. The lowest BCUT2D eigenvalue weighted by molar-refractivity contribution is 0.278. The molecular formula is C19H16O3. The zero-order valence-electron chi connectivity index (χ0n) is 12.3. The number of methoxy groups -OCH3 is 1. The van der Waals surface area contributed by atoms with E-state index in [1.165, 1.54) is 0 Å². The molecule has 3 aromatic carbocycles. The molecule has 0 saturated carbocycles. The lowest BCUT2D eigenvalue weighted by Crippen LogP contribution is -2.08. The van der Waals surface area contributed by atoms with Crippen molar-refractivity contribution in [2.45, 2.75) is 13.2 Å². The average molecular weight is 292 g/mol. The van der Waals surface area contributed by atoms with E-state index < -0.39 is 0 Å². The fraction of sp³-hybridized carbons (Fsp3) is 0.158. The Kier molecular flexibility index (Phi) is 3.01. The second-order valence-corrected chi connectivity index (χ2v) is 5.44. The van der Waals surface area contributed by atoms with Crippen LogP contribution < -0.4 is 9.47 Å². The summed E-state index contributed by atoms with van der Waals surface area (Å²) in [6, 6.07) is 16.3. The van der Waals surface area contributed by atoms with Crippen LogP contribution in [0.3, 0.4) is 0 Å². The first kappa shape index (κ1) is 13.2. The van der Waals surface area contributed by atoms with Gasteiger partial charge in [0, 0.05) is 22.1 Å². The van der Waals surface area contributed by atoms with E-state index in [9.17, 15) is 5.11 Å². The summed E-state index contributed by atoms with van der Waals surface area (Å²) in [6.07, 6.45) is 0. The van der Waals surface area contributed by atoms with Gasteiger partial charge in [0.1, 0.15) is 18.1 Å². The lowest BCUT2D eigenvalue weighted by atomic mass is 9.92. The van der Waals surface area contributed by atoms with E-state index >= 15 is 0 Å². The molecule has 0 aromatic heterocycles. The number of rotatable bonds is 2. The highest BCUT2D eigenvalue weighted by Crippen LogP contribution is 2.46. The van der Waals surface area contributed by atoms with Crippen molar-refractivity contribution < 1.29 is 14.6 Å². The third-order valence-corrected chi connectivity index (χ3v) is 4.17. The molecule has 3 aromatic rings. The molecule has 0 aliphatic carbocycles. The van der Waals surface area contributed by atoms with Gasteiger partial charge < -0.3 is 14.6 Å². The topological polar surface area (TPSA) is 38.7 Å². The van der Waals surface area contributed by atoms with E-state index in [-0.39, 0.29) is 6.61 Å². The van der Waals surface area contributed by atoms with Crippen LogP contribution in [0.15, 0.2) is 48.5 Å². The number of aliphatic hydroxyl groups is 1. The molecule has 0 spiro atoms. The van der Waals surface area contributed by atoms with Crippen LogP contribution in [0.2, 0.25) is 0 Å². The van der Waals surface area contributed by atoms with Gasteiger partial charge in [0.05, 0.1) is 13.7 Å². The normalized spacial score (nSPS) is 12.5. The van der Waals surface area contributed by atoms with Gasteiger partial charge in [-0.3, -0.25) is 0 Å². The molecule has 0 amide bonds. The van der Waals surface area contributed by atoms with Gasteiger partial charge in [0.25, 0.3) is 0 Å². The number of fused-ring (bicyclic) bond motifs is 5. The maximum Gasteiger partial charge on any atom is 0.135 e. The molecule has 3 nitrogen and oxygen atoms in total. The molecule has 0 fully saturated rings. The van der Waals surface area contributed by atoms with Crippen molar-refractivity contribution in [1.29, 1.82) is 0 Å². The van der Waals surface area contributed by atoms with E-state index in [1.54, 1.807) is 7.11 Å². The summed E-state index contributed by atoms with van der Waals surface area (Å²) < 4.78 is 11.6. The van der Waals surface area contributed by atoms with Crippen molar-refractivity contribution in [3.8, 4) is 22.6 Å². The summed E-state index contributed by atoms with van der Waals surface area (Å²) in [7, 11) is 1.66. The summed E-state index contributed by atoms with van der Waals surface area (Å²) in [6.45, 7) is 0.481. The Morgan fingerprint density at radius 3 is 2.82 bits per heavy atom. The first-order chi connectivity index (χ1) is 10.8. The molecule has 3 heteroatoms. The standard InChI is InChI=1S/C19H16O3/c1-21-17-9-12(10-20)8-14-11-22-19-15-5-3-2-4-13(15)6-7-16(19)18(14)17/h2-9,20H,10-11H2,1H3. The lowest BCUT2D eigenvalue weighted by Gasteiger charge is -2.24. The second-order valence-electron chi connectivity index (χ2n) is 5.44. The van der Waals surface area contributed by atoms with Gasteiger partial charge in [-0.15, -0.1) is 0 Å². The monoisotopic (exact) mass is 292 g/mol. The molecule has 1 heterocycles. The van der Waals surface area contributed by atoms with Crippen molar-refractivity contribution >= 4 is 10.8 Å². The van der Waals surface area contributed by atoms with Gasteiger partial charge in [-0.25, -0.2) is 0 Å². The van der Waals surface area contributed by atoms with Crippen LogP contribution in [0.5, 0.6) is 11.5 Å². The zero-order chi connectivity index (χ0) is 15.1. The van der Waals surface area contributed by atoms with Gasteiger partial charge in [-0.05, 0) is 29.1 Å². The Morgan fingerprint density at radius 1 is 1.14 bits per heavy atom. The molecule has 4 rings (SSSR count). The Labute approximate surface area is 128 Å². The Bertz CT molecular complexity index is 851.